The number of aliphatic hydroxyl groups is 1. The minimum Gasteiger partial charge on any atom is -0.391 e. The molecule has 2 amide bonds. The molecule has 0 saturated heterocycles. The molecule has 0 radical (unpaired) electrons. The molecule has 1 atom stereocenters. The Hall–Kier alpha value is -1.59. The van der Waals surface area contributed by atoms with Crippen LogP contribution in [0, 0.1) is 12.8 Å². The summed E-state index contributed by atoms with van der Waals surface area (Å²) in [6, 6.07) is 5.08. The number of anilines is 1. The molecule has 1 aliphatic carbocycles. The van der Waals surface area contributed by atoms with E-state index in [9.17, 15) is 14.7 Å². The first kappa shape index (κ1) is 17.8. The van der Waals surface area contributed by atoms with Gasteiger partial charge in [-0.2, -0.15) is 0 Å². The molecule has 126 valence electrons. The number of aryl methyl sites for hydroxylation is 1. The van der Waals surface area contributed by atoms with Crippen LogP contribution in [0.4, 0.5) is 5.69 Å². The predicted octanol–water partition coefficient (Wildman–Crippen LogP) is 2.64. The summed E-state index contributed by atoms with van der Waals surface area (Å²) in [5.74, 6) is -1.30. The number of nitrogens with one attached hydrogen (secondary N) is 2. The van der Waals surface area contributed by atoms with Gasteiger partial charge in [-0.1, -0.05) is 36.9 Å². The first-order chi connectivity index (χ1) is 11.0. The van der Waals surface area contributed by atoms with E-state index in [4.69, 9.17) is 11.6 Å². The van der Waals surface area contributed by atoms with E-state index in [-0.39, 0.29) is 12.5 Å². The summed E-state index contributed by atoms with van der Waals surface area (Å²) < 4.78 is 0. The minimum absolute atomic E-state index is 0.103. The van der Waals surface area contributed by atoms with E-state index in [1.165, 1.54) is 6.42 Å². The third-order valence-corrected chi connectivity index (χ3v) is 4.55. The molecule has 5 nitrogen and oxygen atoms in total. The van der Waals surface area contributed by atoms with Gasteiger partial charge in [-0.15, -0.1) is 0 Å². The molecule has 23 heavy (non-hydrogen) atoms. The van der Waals surface area contributed by atoms with E-state index in [0.717, 1.165) is 31.2 Å². The van der Waals surface area contributed by atoms with Gasteiger partial charge in [0.25, 0.3) is 0 Å². The van der Waals surface area contributed by atoms with Gasteiger partial charge >= 0.3 is 11.8 Å². The predicted molar refractivity (Wildman–Crippen MR) is 90.4 cm³/mol. The Bertz CT molecular complexity index is 571. The van der Waals surface area contributed by atoms with Gasteiger partial charge in [0.05, 0.1) is 6.10 Å². The van der Waals surface area contributed by atoms with E-state index in [1.807, 2.05) is 6.92 Å². The summed E-state index contributed by atoms with van der Waals surface area (Å²) >= 11 is 5.88. The SMILES string of the molecule is Cc1ccc(Cl)cc1NC(=O)C(=O)NCC(O)C1CCCCC1. The highest BCUT2D eigenvalue weighted by Gasteiger charge is 2.23. The summed E-state index contributed by atoms with van der Waals surface area (Å²) in [7, 11) is 0. The van der Waals surface area contributed by atoms with E-state index in [0.29, 0.717) is 10.7 Å². The van der Waals surface area contributed by atoms with Crippen molar-refractivity contribution in [1.29, 1.82) is 0 Å². The summed E-state index contributed by atoms with van der Waals surface area (Å²) in [4.78, 5) is 23.8. The third-order valence-electron chi connectivity index (χ3n) is 4.32. The van der Waals surface area contributed by atoms with Crippen molar-refractivity contribution >= 4 is 29.1 Å². The van der Waals surface area contributed by atoms with Crippen molar-refractivity contribution in [3.05, 3.63) is 28.8 Å². The highest BCUT2D eigenvalue weighted by atomic mass is 35.5. The Morgan fingerprint density at radius 3 is 2.65 bits per heavy atom. The number of halogens is 1. The van der Waals surface area contributed by atoms with Crippen molar-refractivity contribution in [2.45, 2.75) is 45.1 Å². The second kappa shape index (κ2) is 8.31. The van der Waals surface area contributed by atoms with Crippen LogP contribution in [0.1, 0.15) is 37.7 Å². The van der Waals surface area contributed by atoms with Crippen molar-refractivity contribution in [3.8, 4) is 0 Å². The van der Waals surface area contributed by atoms with Crippen LogP contribution in [0.2, 0.25) is 5.02 Å². The molecule has 1 saturated carbocycles. The van der Waals surface area contributed by atoms with Gasteiger partial charge in [0, 0.05) is 17.3 Å². The largest absolute Gasteiger partial charge is 0.391 e. The molecule has 0 aliphatic heterocycles. The van der Waals surface area contributed by atoms with Crippen LogP contribution in [0.25, 0.3) is 0 Å². The summed E-state index contributed by atoms with van der Waals surface area (Å²) in [5, 5.41) is 15.6. The van der Waals surface area contributed by atoms with Crippen LogP contribution in [0.3, 0.4) is 0 Å². The number of hydrogen-bond donors (Lipinski definition) is 3. The molecule has 0 aromatic heterocycles. The summed E-state index contributed by atoms with van der Waals surface area (Å²) in [6.45, 7) is 1.92. The van der Waals surface area contributed by atoms with E-state index >= 15 is 0 Å². The van der Waals surface area contributed by atoms with Gasteiger partial charge in [-0.3, -0.25) is 9.59 Å². The molecule has 1 unspecified atom stereocenters. The van der Waals surface area contributed by atoms with E-state index in [1.54, 1.807) is 18.2 Å². The van der Waals surface area contributed by atoms with E-state index < -0.39 is 17.9 Å². The average Bonchev–Trinajstić information content (AvgIpc) is 2.56. The Balaban J connectivity index is 1.82. The second-order valence-corrected chi connectivity index (χ2v) is 6.53. The van der Waals surface area contributed by atoms with Crippen LogP contribution >= 0.6 is 11.6 Å². The maximum Gasteiger partial charge on any atom is 0.313 e. The number of rotatable bonds is 4. The van der Waals surface area contributed by atoms with Crippen LogP contribution < -0.4 is 10.6 Å². The molecule has 3 N–H and O–H groups in total. The molecular formula is C17H23ClN2O3. The Kier molecular flexibility index (Phi) is 6.42. The van der Waals surface area contributed by atoms with Gasteiger partial charge in [0.15, 0.2) is 0 Å². The van der Waals surface area contributed by atoms with Gasteiger partial charge in [0.2, 0.25) is 0 Å². The highest BCUT2D eigenvalue weighted by Crippen LogP contribution is 2.26. The van der Waals surface area contributed by atoms with Crippen molar-refractivity contribution in [2.75, 3.05) is 11.9 Å². The van der Waals surface area contributed by atoms with E-state index in [2.05, 4.69) is 10.6 Å². The molecule has 1 fully saturated rings. The highest BCUT2D eigenvalue weighted by molar-refractivity contribution is 6.40. The van der Waals surface area contributed by atoms with Crippen molar-refractivity contribution in [3.63, 3.8) is 0 Å². The monoisotopic (exact) mass is 338 g/mol. The lowest BCUT2D eigenvalue weighted by Gasteiger charge is -2.26. The number of carbonyl (C=O) groups excluding carboxylic acids is 2. The first-order valence-electron chi connectivity index (χ1n) is 8.01. The number of hydrogen-bond acceptors (Lipinski definition) is 3. The Labute approximate surface area is 141 Å². The zero-order valence-electron chi connectivity index (χ0n) is 13.3. The number of amides is 2. The van der Waals surface area contributed by atoms with Crippen LogP contribution in [-0.4, -0.2) is 29.6 Å². The first-order valence-corrected chi connectivity index (χ1v) is 8.38. The number of aliphatic hydroxyl groups excluding tert-OH is 1. The lowest BCUT2D eigenvalue weighted by atomic mass is 9.85. The number of carbonyl (C=O) groups is 2. The molecule has 1 aromatic rings. The minimum atomic E-state index is -0.758. The zero-order chi connectivity index (χ0) is 16.8. The maximum atomic E-state index is 11.9. The molecule has 6 heteroatoms. The van der Waals surface area contributed by atoms with Crippen LogP contribution in [-0.2, 0) is 9.59 Å². The van der Waals surface area contributed by atoms with Crippen LogP contribution in [0.5, 0.6) is 0 Å². The van der Waals surface area contributed by atoms with Crippen molar-refractivity contribution in [1.82, 2.24) is 5.32 Å². The second-order valence-electron chi connectivity index (χ2n) is 6.09. The summed E-state index contributed by atoms with van der Waals surface area (Å²) in [6.07, 6.45) is 4.79. The quantitative estimate of drug-likeness (QED) is 0.738. The molecular weight excluding hydrogens is 316 g/mol. The normalized spacial score (nSPS) is 16.7. The maximum absolute atomic E-state index is 11.9. The molecule has 1 aromatic carbocycles. The molecule has 0 bridgehead atoms. The molecule has 1 aliphatic rings. The fraction of sp³-hybridized carbons (Fsp3) is 0.529. The van der Waals surface area contributed by atoms with Gasteiger partial charge in [0.1, 0.15) is 0 Å². The fourth-order valence-electron chi connectivity index (χ4n) is 2.87. The molecule has 0 spiro atoms. The standard InChI is InChI=1S/C17H23ClN2O3/c1-11-7-8-13(18)9-14(11)20-17(23)16(22)19-10-15(21)12-5-3-2-4-6-12/h7-9,12,15,21H,2-6,10H2,1H3,(H,19,22)(H,20,23). The Morgan fingerprint density at radius 2 is 1.96 bits per heavy atom. The third kappa shape index (κ3) is 5.22. The van der Waals surface area contributed by atoms with Gasteiger partial charge < -0.3 is 15.7 Å². The van der Waals surface area contributed by atoms with Gasteiger partial charge in [-0.05, 0) is 43.4 Å². The topological polar surface area (TPSA) is 78.4 Å². The molecule has 0 heterocycles. The summed E-state index contributed by atoms with van der Waals surface area (Å²) in [5.41, 5.74) is 1.32. The van der Waals surface area contributed by atoms with Crippen molar-refractivity contribution < 1.29 is 14.7 Å². The fourth-order valence-corrected chi connectivity index (χ4v) is 3.04. The van der Waals surface area contributed by atoms with Gasteiger partial charge in [-0.25, -0.2) is 0 Å². The number of benzene rings is 1. The smallest absolute Gasteiger partial charge is 0.313 e. The average molecular weight is 339 g/mol. The zero-order valence-corrected chi connectivity index (χ0v) is 14.0. The lowest BCUT2D eigenvalue weighted by molar-refractivity contribution is -0.136. The van der Waals surface area contributed by atoms with Crippen LogP contribution in [0.15, 0.2) is 18.2 Å². The van der Waals surface area contributed by atoms with Crippen molar-refractivity contribution in [2.24, 2.45) is 5.92 Å². The molecule has 2 rings (SSSR count). The Morgan fingerprint density at radius 1 is 1.26 bits per heavy atom. The lowest BCUT2D eigenvalue weighted by Crippen LogP contribution is -2.42.